The Morgan fingerprint density at radius 3 is 2.75 bits per heavy atom. The van der Waals surface area contributed by atoms with E-state index in [1.165, 1.54) is 7.11 Å². The number of carbonyl (C=O) groups is 1. The Bertz CT molecular complexity index is 906. The van der Waals surface area contributed by atoms with E-state index in [9.17, 15) is 4.79 Å². The highest BCUT2D eigenvalue weighted by molar-refractivity contribution is 5.71. The molecule has 0 spiro atoms. The lowest BCUT2D eigenvalue weighted by molar-refractivity contribution is -0.139. The number of aryl methyl sites for hydroxylation is 1. The Morgan fingerprint density at radius 1 is 1.14 bits per heavy atom. The number of rotatable bonds is 9. The van der Waals surface area contributed by atoms with Crippen molar-refractivity contribution in [2.45, 2.75) is 19.9 Å². The molecule has 1 heterocycles. The van der Waals surface area contributed by atoms with Gasteiger partial charge in [-0.05, 0) is 36.8 Å². The van der Waals surface area contributed by atoms with Crippen molar-refractivity contribution < 1.29 is 18.7 Å². The molecule has 3 aromatic rings. The average molecular weight is 380 g/mol. The van der Waals surface area contributed by atoms with Gasteiger partial charge in [-0.25, -0.2) is 4.98 Å². The summed E-state index contributed by atoms with van der Waals surface area (Å²) in [4.78, 5) is 15.7. The number of aromatic nitrogens is 1. The lowest BCUT2D eigenvalue weighted by atomic mass is 10.2. The number of benzene rings is 2. The molecule has 0 radical (unpaired) electrons. The molecule has 28 heavy (non-hydrogen) atoms. The Balaban J connectivity index is 1.52. The number of nitrogens with zero attached hydrogens (tertiary/aromatic N) is 1. The molecule has 0 fully saturated rings. The van der Waals surface area contributed by atoms with Crippen LogP contribution >= 0.6 is 0 Å². The molecule has 6 nitrogen and oxygen atoms in total. The number of hydrogen-bond acceptors (Lipinski definition) is 6. The van der Waals surface area contributed by atoms with Crippen molar-refractivity contribution in [3.8, 4) is 17.2 Å². The summed E-state index contributed by atoms with van der Waals surface area (Å²) in [5, 5.41) is 3.03. The molecule has 0 aliphatic heterocycles. The summed E-state index contributed by atoms with van der Waals surface area (Å²) in [5.74, 6) is 1.93. The van der Waals surface area contributed by atoms with Gasteiger partial charge in [0.2, 0.25) is 5.89 Å². The number of ether oxygens (including phenoxy) is 2. The van der Waals surface area contributed by atoms with Crippen LogP contribution in [-0.2, 0) is 22.5 Å². The predicted molar refractivity (Wildman–Crippen MR) is 106 cm³/mol. The van der Waals surface area contributed by atoms with E-state index in [1.54, 1.807) is 0 Å². The lowest BCUT2D eigenvalue weighted by Gasteiger charge is -2.08. The maximum Gasteiger partial charge on any atom is 0.319 e. The van der Waals surface area contributed by atoms with E-state index in [0.29, 0.717) is 25.5 Å². The molecule has 0 unspecified atom stereocenters. The first-order valence-electron chi connectivity index (χ1n) is 9.16. The number of nitrogens with one attached hydrogen (secondary N) is 1. The zero-order chi connectivity index (χ0) is 19.8. The van der Waals surface area contributed by atoms with Gasteiger partial charge in [-0.1, -0.05) is 30.3 Å². The minimum atomic E-state index is -0.287. The van der Waals surface area contributed by atoms with Crippen LogP contribution in [-0.4, -0.2) is 31.2 Å². The first-order valence-corrected chi connectivity index (χ1v) is 9.16. The van der Waals surface area contributed by atoms with E-state index in [1.807, 2.05) is 61.5 Å². The van der Waals surface area contributed by atoms with Crippen LogP contribution in [0, 0.1) is 6.92 Å². The minimum Gasteiger partial charge on any atom is -0.493 e. The quantitative estimate of drug-likeness (QED) is 0.573. The molecule has 0 bridgehead atoms. The van der Waals surface area contributed by atoms with Crippen molar-refractivity contribution in [2.75, 3.05) is 20.3 Å². The van der Waals surface area contributed by atoms with Crippen molar-refractivity contribution in [1.82, 2.24) is 10.3 Å². The maximum absolute atomic E-state index is 11.1. The number of esters is 1. The van der Waals surface area contributed by atoms with Crippen LogP contribution in [0.25, 0.3) is 11.5 Å². The normalized spacial score (nSPS) is 10.6. The summed E-state index contributed by atoms with van der Waals surface area (Å²) < 4.78 is 16.3. The largest absolute Gasteiger partial charge is 0.493 e. The Kier molecular flexibility index (Phi) is 6.81. The molecule has 1 N–H and O–H groups in total. The molecular weight excluding hydrogens is 356 g/mol. The second-order valence-electron chi connectivity index (χ2n) is 6.31. The van der Waals surface area contributed by atoms with Gasteiger partial charge >= 0.3 is 5.97 Å². The molecule has 1 aromatic heterocycles. The first-order chi connectivity index (χ1) is 13.7. The van der Waals surface area contributed by atoms with E-state index in [2.05, 4.69) is 15.0 Å². The summed E-state index contributed by atoms with van der Waals surface area (Å²) in [5.41, 5.74) is 2.89. The van der Waals surface area contributed by atoms with Crippen molar-refractivity contribution in [2.24, 2.45) is 0 Å². The molecule has 146 valence electrons. The second kappa shape index (κ2) is 9.71. The predicted octanol–water partition coefficient (Wildman–Crippen LogP) is 3.53. The average Bonchev–Trinajstić information content (AvgIpc) is 3.09. The van der Waals surface area contributed by atoms with Crippen molar-refractivity contribution in [3.05, 3.63) is 71.6 Å². The van der Waals surface area contributed by atoms with Crippen LogP contribution < -0.4 is 10.1 Å². The monoisotopic (exact) mass is 380 g/mol. The zero-order valence-corrected chi connectivity index (χ0v) is 16.1. The Labute approximate surface area is 164 Å². The highest BCUT2D eigenvalue weighted by Gasteiger charge is 2.11. The molecule has 0 aliphatic rings. The third-order valence-electron chi connectivity index (χ3n) is 4.25. The summed E-state index contributed by atoms with van der Waals surface area (Å²) in [7, 11) is 1.37. The highest BCUT2D eigenvalue weighted by Crippen LogP contribution is 2.22. The summed E-state index contributed by atoms with van der Waals surface area (Å²) in [6, 6.07) is 17.6. The Morgan fingerprint density at radius 2 is 1.96 bits per heavy atom. The minimum absolute atomic E-state index is 0.177. The smallest absolute Gasteiger partial charge is 0.319 e. The zero-order valence-electron chi connectivity index (χ0n) is 16.1. The van der Waals surface area contributed by atoms with Gasteiger partial charge in [-0.3, -0.25) is 4.79 Å². The van der Waals surface area contributed by atoms with Crippen molar-refractivity contribution in [3.63, 3.8) is 0 Å². The molecule has 2 aromatic carbocycles. The van der Waals surface area contributed by atoms with Crippen molar-refractivity contribution in [1.29, 1.82) is 0 Å². The van der Waals surface area contributed by atoms with Gasteiger partial charge in [-0.2, -0.15) is 0 Å². The highest BCUT2D eigenvalue weighted by atomic mass is 16.5. The van der Waals surface area contributed by atoms with Gasteiger partial charge in [0, 0.05) is 18.5 Å². The third kappa shape index (κ3) is 5.44. The van der Waals surface area contributed by atoms with Crippen LogP contribution in [0.3, 0.4) is 0 Å². The van der Waals surface area contributed by atoms with Crippen LogP contribution in [0.4, 0.5) is 0 Å². The standard InChI is InChI=1S/C22H24N2O4/c1-16-20(24-22(28-16)18-8-4-3-5-9-18)11-12-27-19-10-6-7-17(13-19)14-23-15-21(25)26-2/h3-10,13,23H,11-12,14-15H2,1-2H3. The number of carbonyl (C=O) groups excluding carboxylic acids is 1. The Hall–Kier alpha value is -3.12. The fourth-order valence-electron chi connectivity index (χ4n) is 2.76. The van der Waals surface area contributed by atoms with Crippen molar-refractivity contribution >= 4 is 5.97 Å². The SMILES string of the molecule is COC(=O)CNCc1cccc(OCCc2nc(-c3ccccc3)oc2C)c1. The molecule has 0 saturated carbocycles. The van der Waals surface area contributed by atoms with Gasteiger partial charge in [0.15, 0.2) is 0 Å². The van der Waals surface area contributed by atoms with E-state index in [0.717, 1.165) is 28.3 Å². The fourth-order valence-corrected chi connectivity index (χ4v) is 2.76. The number of oxazole rings is 1. The van der Waals surface area contributed by atoms with Crippen LogP contribution in [0.5, 0.6) is 5.75 Å². The van der Waals surface area contributed by atoms with E-state index >= 15 is 0 Å². The summed E-state index contributed by atoms with van der Waals surface area (Å²) in [6.45, 7) is 3.16. The van der Waals surface area contributed by atoms with Gasteiger partial charge in [0.05, 0.1) is 26.0 Å². The van der Waals surface area contributed by atoms with Gasteiger partial charge in [0.25, 0.3) is 0 Å². The molecule has 6 heteroatoms. The number of hydrogen-bond donors (Lipinski definition) is 1. The van der Waals surface area contributed by atoms with Gasteiger partial charge in [-0.15, -0.1) is 0 Å². The molecule has 3 rings (SSSR count). The molecular formula is C22H24N2O4. The number of methoxy groups -OCH3 is 1. The lowest BCUT2D eigenvalue weighted by Crippen LogP contribution is -2.23. The molecule has 0 amide bonds. The first kappa shape index (κ1) is 19.6. The van der Waals surface area contributed by atoms with Crippen LogP contribution in [0.15, 0.2) is 59.0 Å². The molecule has 0 saturated heterocycles. The van der Waals surface area contributed by atoms with Gasteiger partial charge in [0.1, 0.15) is 11.5 Å². The molecule has 0 aliphatic carbocycles. The summed E-state index contributed by atoms with van der Waals surface area (Å²) >= 11 is 0. The fraction of sp³-hybridized carbons (Fsp3) is 0.273. The van der Waals surface area contributed by atoms with E-state index in [-0.39, 0.29) is 12.5 Å². The second-order valence-corrected chi connectivity index (χ2v) is 6.31. The van der Waals surface area contributed by atoms with E-state index < -0.39 is 0 Å². The van der Waals surface area contributed by atoms with E-state index in [4.69, 9.17) is 9.15 Å². The van der Waals surface area contributed by atoms with Gasteiger partial charge < -0.3 is 19.2 Å². The maximum atomic E-state index is 11.1. The van der Waals surface area contributed by atoms with Crippen LogP contribution in [0.1, 0.15) is 17.0 Å². The molecule has 0 atom stereocenters. The third-order valence-corrected chi connectivity index (χ3v) is 4.25. The topological polar surface area (TPSA) is 73.6 Å². The summed E-state index contributed by atoms with van der Waals surface area (Å²) in [6.07, 6.45) is 0.660. The van der Waals surface area contributed by atoms with Crippen LogP contribution in [0.2, 0.25) is 0 Å².